The summed E-state index contributed by atoms with van der Waals surface area (Å²) in [6.07, 6.45) is 2.00. The summed E-state index contributed by atoms with van der Waals surface area (Å²) in [5.41, 5.74) is 2.58. The maximum Gasteiger partial charge on any atom is 0.270 e. The van der Waals surface area contributed by atoms with Gasteiger partial charge in [-0.25, -0.2) is 9.97 Å². The number of anilines is 2. The summed E-state index contributed by atoms with van der Waals surface area (Å²) in [6.45, 7) is 11.1. The molecule has 0 spiro atoms. The van der Waals surface area contributed by atoms with Crippen molar-refractivity contribution >= 4 is 17.4 Å². The fraction of sp³-hybridized carbons (Fsp3) is 0.450. The van der Waals surface area contributed by atoms with Crippen molar-refractivity contribution in [2.24, 2.45) is 0 Å². The molecule has 0 aliphatic carbocycles. The van der Waals surface area contributed by atoms with E-state index in [-0.39, 0.29) is 11.3 Å². The van der Waals surface area contributed by atoms with Crippen molar-refractivity contribution < 1.29 is 4.79 Å². The van der Waals surface area contributed by atoms with Gasteiger partial charge in [0, 0.05) is 18.3 Å². The zero-order valence-electron chi connectivity index (χ0n) is 15.8. The number of carbonyl (C=O) groups excluding carboxylic acids is 1. The Bertz CT molecular complexity index is 735. The summed E-state index contributed by atoms with van der Waals surface area (Å²) in [6, 6.07) is 9.86. The standard InChI is InChI=1S/C20H28N4O/c1-6-7-12-21-19(25)17-13-18(23-14(2)22-17)24-16-11-9-8-10-15(16)20(3,4)5/h8-11,13H,6-7,12H2,1-5H3,(H,21,25)(H,22,23,24). The van der Waals surface area contributed by atoms with Gasteiger partial charge in [0.1, 0.15) is 17.3 Å². The minimum absolute atomic E-state index is 0.00598. The van der Waals surface area contributed by atoms with E-state index in [0.29, 0.717) is 23.9 Å². The Morgan fingerprint density at radius 1 is 1.16 bits per heavy atom. The molecule has 0 saturated carbocycles. The highest BCUT2D eigenvalue weighted by molar-refractivity contribution is 5.93. The number of nitrogens with one attached hydrogen (secondary N) is 2. The topological polar surface area (TPSA) is 66.9 Å². The first kappa shape index (κ1) is 18.9. The summed E-state index contributed by atoms with van der Waals surface area (Å²) in [4.78, 5) is 21.0. The number of benzene rings is 1. The van der Waals surface area contributed by atoms with Crippen LogP contribution < -0.4 is 10.6 Å². The molecule has 0 aliphatic heterocycles. The molecule has 1 heterocycles. The number of rotatable bonds is 6. The first-order valence-corrected chi connectivity index (χ1v) is 8.81. The normalized spacial score (nSPS) is 11.2. The van der Waals surface area contributed by atoms with Gasteiger partial charge in [-0.3, -0.25) is 4.79 Å². The largest absolute Gasteiger partial charge is 0.351 e. The van der Waals surface area contributed by atoms with Gasteiger partial charge in [0.2, 0.25) is 0 Å². The average Bonchev–Trinajstić information content (AvgIpc) is 2.54. The number of aromatic nitrogens is 2. The zero-order valence-corrected chi connectivity index (χ0v) is 15.8. The van der Waals surface area contributed by atoms with Crippen molar-refractivity contribution in [3.05, 3.63) is 47.4 Å². The molecule has 2 N–H and O–H groups in total. The highest BCUT2D eigenvalue weighted by Crippen LogP contribution is 2.30. The number of carbonyl (C=O) groups is 1. The molecular formula is C20H28N4O. The molecule has 0 aliphatic rings. The number of hydrogen-bond acceptors (Lipinski definition) is 4. The first-order valence-electron chi connectivity index (χ1n) is 8.81. The molecule has 134 valence electrons. The Hall–Kier alpha value is -2.43. The number of unbranched alkanes of at least 4 members (excludes halogenated alkanes) is 1. The number of amides is 1. The molecule has 5 heteroatoms. The number of aryl methyl sites for hydroxylation is 1. The van der Waals surface area contributed by atoms with Crippen LogP contribution in [0.3, 0.4) is 0 Å². The Balaban J connectivity index is 2.25. The van der Waals surface area contributed by atoms with Gasteiger partial charge in [0.15, 0.2) is 0 Å². The molecule has 0 radical (unpaired) electrons. The van der Waals surface area contributed by atoms with Gasteiger partial charge in [0.05, 0.1) is 0 Å². The molecule has 0 saturated heterocycles. The van der Waals surface area contributed by atoms with E-state index in [1.54, 1.807) is 13.0 Å². The third-order valence-electron chi connectivity index (χ3n) is 3.88. The zero-order chi connectivity index (χ0) is 18.4. The summed E-state index contributed by atoms with van der Waals surface area (Å²) in [5, 5.41) is 6.25. The van der Waals surface area contributed by atoms with Gasteiger partial charge in [-0.1, -0.05) is 52.3 Å². The molecule has 0 atom stereocenters. The molecule has 0 unspecified atom stereocenters. The maximum absolute atomic E-state index is 12.3. The number of nitrogens with zero attached hydrogens (tertiary/aromatic N) is 2. The first-order chi connectivity index (χ1) is 11.8. The molecule has 2 aromatic rings. The van der Waals surface area contributed by atoms with Gasteiger partial charge < -0.3 is 10.6 Å². The summed E-state index contributed by atoms with van der Waals surface area (Å²) in [5.74, 6) is 1.04. The van der Waals surface area contributed by atoms with Crippen LogP contribution in [0.2, 0.25) is 0 Å². The van der Waals surface area contributed by atoms with Crippen molar-refractivity contribution in [3.8, 4) is 0 Å². The van der Waals surface area contributed by atoms with Crippen LogP contribution in [0.4, 0.5) is 11.5 Å². The van der Waals surface area contributed by atoms with E-state index in [1.165, 1.54) is 5.56 Å². The van der Waals surface area contributed by atoms with Crippen LogP contribution >= 0.6 is 0 Å². The summed E-state index contributed by atoms with van der Waals surface area (Å²) in [7, 11) is 0. The smallest absolute Gasteiger partial charge is 0.270 e. The highest BCUT2D eigenvalue weighted by atomic mass is 16.1. The second-order valence-electron chi connectivity index (χ2n) is 7.22. The molecule has 2 rings (SSSR count). The lowest BCUT2D eigenvalue weighted by Crippen LogP contribution is -2.25. The quantitative estimate of drug-likeness (QED) is 0.767. The molecule has 5 nitrogen and oxygen atoms in total. The van der Waals surface area contributed by atoms with Gasteiger partial charge in [-0.15, -0.1) is 0 Å². The van der Waals surface area contributed by atoms with Crippen LogP contribution in [0.15, 0.2) is 30.3 Å². The summed E-state index contributed by atoms with van der Waals surface area (Å²) < 4.78 is 0. The predicted octanol–water partition coefficient (Wildman–Crippen LogP) is 4.36. The Labute approximate surface area is 150 Å². The Morgan fingerprint density at radius 3 is 2.56 bits per heavy atom. The van der Waals surface area contributed by atoms with Crippen molar-refractivity contribution in [2.75, 3.05) is 11.9 Å². The fourth-order valence-corrected chi connectivity index (χ4v) is 2.60. The minimum Gasteiger partial charge on any atom is -0.351 e. The van der Waals surface area contributed by atoms with Gasteiger partial charge in [0.25, 0.3) is 5.91 Å². The van der Waals surface area contributed by atoms with E-state index < -0.39 is 0 Å². The van der Waals surface area contributed by atoms with Crippen molar-refractivity contribution in [1.29, 1.82) is 0 Å². The Kier molecular flexibility index (Phi) is 6.12. The third-order valence-corrected chi connectivity index (χ3v) is 3.88. The van der Waals surface area contributed by atoms with Crippen LogP contribution in [0.5, 0.6) is 0 Å². The van der Waals surface area contributed by atoms with Gasteiger partial charge >= 0.3 is 0 Å². The van der Waals surface area contributed by atoms with Crippen LogP contribution in [0.25, 0.3) is 0 Å². The lowest BCUT2D eigenvalue weighted by Gasteiger charge is -2.23. The van der Waals surface area contributed by atoms with Crippen molar-refractivity contribution in [3.63, 3.8) is 0 Å². The third kappa shape index (κ3) is 5.28. The van der Waals surface area contributed by atoms with Crippen molar-refractivity contribution in [1.82, 2.24) is 15.3 Å². The molecule has 1 aromatic carbocycles. The number of hydrogen-bond donors (Lipinski definition) is 2. The molecule has 0 bridgehead atoms. The lowest BCUT2D eigenvalue weighted by molar-refractivity contribution is 0.0948. The molecule has 25 heavy (non-hydrogen) atoms. The van der Waals surface area contributed by atoms with Crippen LogP contribution in [0, 0.1) is 6.92 Å². The van der Waals surface area contributed by atoms with E-state index in [9.17, 15) is 4.79 Å². The van der Waals surface area contributed by atoms with E-state index in [4.69, 9.17) is 0 Å². The molecule has 1 amide bonds. The molecule has 0 fully saturated rings. The average molecular weight is 340 g/mol. The maximum atomic E-state index is 12.3. The molecule has 1 aromatic heterocycles. The lowest BCUT2D eigenvalue weighted by atomic mass is 9.86. The van der Waals surface area contributed by atoms with Crippen LogP contribution in [-0.2, 0) is 5.41 Å². The SMILES string of the molecule is CCCCNC(=O)c1cc(Nc2ccccc2C(C)(C)C)nc(C)n1. The second kappa shape index (κ2) is 8.10. The highest BCUT2D eigenvalue weighted by Gasteiger charge is 2.18. The molecular weight excluding hydrogens is 312 g/mol. The van der Waals surface area contributed by atoms with E-state index in [0.717, 1.165) is 18.5 Å². The Morgan fingerprint density at radius 2 is 1.88 bits per heavy atom. The predicted molar refractivity (Wildman–Crippen MR) is 102 cm³/mol. The number of para-hydroxylation sites is 1. The fourth-order valence-electron chi connectivity index (χ4n) is 2.60. The van der Waals surface area contributed by atoms with E-state index in [1.807, 2.05) is 18.2 Å². The van der Waals surface area contributed by atoms with Crippen molar-refractivity contribution in [2.45, 2.75) is 52.9 Å². The monoisotopic (exact) mass is 340 g/mol. The minimum atomic E-state index is -0.161. The van der Waals surface area contributed by atoms with E-state index in [2.05, 4.69) is 54.4 Å². The van der Waals surface area contributed by atoms with Gasteiger partial charge in [-0.05, 0) is 30.4 Å². The van der Waals surface area contributed by atoms with Crippen LogP contribution in [-0.4, -0.2) is 22.4 Å². The van der Waals surface area contributed by atoms with Gasteiger partial charge in [-0.2, -0.15) is 0 Å². The second-order valence-corrected chi connectivity index (χ2v) is 7.22. The summed E-state index contributed by atoms with van der Waals surface area (Å²) >= 11 is 0. The van der Waals surface area contributed by atoms with E-state index >= 15 is 0 Å². The van der Waals surface area contributed by atoms with Crippen LogP contribution in [0.1, 0.15) is 62.4 Å².